The quantitative estimate of drug-likeness (QED) is 0.769. The molecule has 5 nitrogen and oxygen atoms in total. The van der Waals surface area contributed by atoms with Crippen molar-refractivity contribution in [2.75, 3.05) is 13.1 Å². The topological polar surface area (TPSA) is 51.0 Å². The standard InChI is InChI=1S/C21H28N4O/c26-21(11-10-17-5-2-1-3-6-17)24-12-4-7-19(15-24)13-20-23-22-16-25(20)14-18-8-9-18/h1-3,5-6,16,18-19H,4,7-15H2. The average molecular weight is 352 g/mol. The van der Waals surface area contributed by atoms with E-state index in [-0.39, 0.29) is 5.91 Å². The van der Waals surface area contributed by atoms with Gasteiger partial charge in [0.05, 0.1) is 0 Å². The summed E-state index contributed by atoms with van der Waals surface area (Å²) in [5, 5.41) is 8.46. The van der Waals surface area contributed by atoms with E-state index < -0.39 is 0 Å². The van der Waals surface area contributed by atoms with Crippen LogP contribution in [0.25, 0.3) is 0 Å². The van der Waals surface area contributed by atoms with Crippen LogP contribution in [0.3, 0.4) is 0 Å². The summed E-state index contributed by atoms with van der Waals surface area (Å²) >= 11 is 0. The van der Waals surface area contributed by atoms with Crippen LogP contribution in [0.2, 0.25) is 0 Å². The predicted octanol–water partition coefficient (Wildman–Crippen LogP) is 3.10. The molecule has 2 heterocycles. The van der Waals surface area contributed by atoms with Gasteiger partial charge >= 0.3 is 0 Å². The molecule has 1 aliphatic carbocycles. The SMILES string of the molecule is O=C(CCc1ccccc1)N1CCCC(Cc2nncn2CC2CC2)C1. The second-order valence-corrected chi connectivity index (χ2v) is 7.88. The first-order valence-electron chi connectivity index (χ1n) is 9.96. The maximum Gasteiger partial charge on any atom is 0.222 e. The molecule has 1 aromatic carbocycles. The van der Waals surface area contributed by atoms with Crippen LogP contribution in [-0.4, -0.2) is 38.7 Å². The Morgan fingerprint density at radius 2 is 1.96 bits per heavy atom. The number of amides is 1. The molecule has 1 unspecified atom stereocenters. The lowest BCUT2D eigenvalue weighted by molar-refractivity contribution is -0.133. The third-order valence-electron chi connectivity index (χ3n) is 5.66. The number of aryl methyl sites for hydroxylation is 1. The predicted molar refractivity (Wildman–Crippen MR) is 101 cm³/mol. The van der Waals surface area contributed by atoms with Gasteiger partial charge in [-0.2, -0.15) is 0 Å². The summed E-state index contributed by atoms with van der Waals surface area (Å²) in [4.78, 5) is 14.7. The van der Waals surface area contributed by atoms with Crippen LogP contribution in [-0.2, 0) is 24.2 Å². The van der Waals surface area contributed by atoms with Crippen molar-refractivity contribution in [3.8, 4) is 0 Å². The van der Waals surface area contributed by atoms with Gasteiger partial charge < -0.3 is 9.47 Å². The van der Waals surface area contributed by atoms with E-state index in [0.29, 0.717) is 12.3 Å². The molecule has 1 amide bonds. The van der Waals surface area contributed by atoms with Crippen molar-refractivity contribution in [2.45, 2.75) is 51.5 Å². The second kappa shape index (κ2) is 8.02. The lowest BCUT2D eigenvalue weighted by atomic mass is 9.94. The molecule has 1 saturated carbocycles. The highest BCUT2D eigenvalue weighted by Crippen LogP contribution is 2.31. The third-order valence-corrected chi connectivity index (χ3v) is 5.66. The highest BCUT2D eigenvalue weighted by Gasteiger charge is 2.27. The molecule has 4 rings (SSSR count). The van der Waals surface area contributed by atoms with E-state index in [2.05, 4.69) is 31.8 Å². The highest BCUT2D eigenvalue weighted by atomic mass is 16.2. The number of hydrogen-bond acceptors (Lipinski definition) is 3. The number of aromatic nitrogens is 3. The normalized spacial score (nSPS) is 20.3. The first-order valence-corrected chi connectivity index (χ1v) is 9.96. The van der Waals surface area contributed by atoms with E-state index in [9.17, 15) is 4.79 Å². The fraction of sp³-hybridized carbons (Fsp3) is 0.571. The minimum atomic E-state index is 0.290. The fourth-order valence-electron chi connectivity index (χ4n) is 3.94. The fourth-order valence-corrected chi connectivity index (χ4v) is 3.94. The van der Waals surface area contributed by atoms with Gasteiger partial charge in [-0.1, -0.05) is 30.3 Å². The molecule has 1 aromatic heterocycles. The van der Waals surface area contributed by atoms with E-state index in [0.717, 1.165) is 50.6 Å². The maximum absolute atomic E-state index is 12.6. The van der Waals surface area contributed by atoms with Gasteiger partial charge in [-0.05, 0) is 49.5 Å². The summed E-state index contributed by atoms with van der Waals surface area (Å²) in [5.74, 6) is 2.72. The summed E-state index contributed by atoms with van der Waals surface area (Å²) in [6.07, 6.45) is 9.20. The molecule has 138 valence electrons. The number of benzene rings is 1. The number of carbonyl (C=O) groups excluding carboxylic acids is 1. The molecule has 0 spiro atoms. The molecule has 1 saturated heterocycles. The van der Waals surface area contributed by atoms with Crippen molar-refractivity contribution in [2.24, 2.45) is 11.8 Å². The number of hydrogen-bond donors (Lipinski definition) is 0. The largest absolute Gasteiger partial charge is 0.342 e. The van der Waals surface area contributed by atoms with Crippen molar-refractivity contribution in [3.63, 3.8) is 0 Å². The first-order chi connectivity index (χ1) is 12.8. The summed E-state index contributed by atoms with van der Waals surface area (Å²) in [6, 6.07) is 10.3. The number of rotatable bonds is 7. The molecule has 26 heavy (non-hydrogen) atoms. The molecule has 0 radical (unpaired) electrons. The smallest absolute Gasteiger partial charge is 0.222 e. The van der Waals surface area contributed by atoms with Crippen LogP contribution < -0.4 is 0 Å². The molecule has 2 aromatic rings. The maximum atomic E-state index is 12.6. The zero-order valence-electron chi connectivity index (χ0n) is 15.4. The van der Waals surface area contributed by atoms with Crippen LogP contribution in [0.4, 0.5) is 0 Å². The lowest BCUT2D eigenvalue weighted by Gasteiger charge is -2.32. The molecule has 2 fully saturated rings. The van der Waals surface area contributed by atoms with Gasteiger partial charge in [0.1, 0.15) is 12.2 Å². The molecule has 1 atom stereocenters. The van der Waals surface area contributed by atoms with Crippen molar-refractivity contribution < 1.29 is 4.79 Å². The van der Waals surface area contributed by atoms with Crippen LogP contribution in [0.5, 0.6) is 0 Å². The summed E-state index contributed by atoms with van der Waals surface area (Å²) in [5.41, 5.74) is 1.24. The van der Waals surface area contributed by atoms with E-state index in [1.165, 1.54) is 24.8 Å². The highest BCUT2D eigenvalue weighted by molar-refractivity contribution is 5.76. The third kappa shape index (κ3) is 4.51. The number of nitrogens with zero attached hydrogens (tertiary/aromatic N) is 4. The number of carbonyl (C=O) groups is 1. The van der Waals surface area contributed by atoms with Crippen molar-refractivity contribution >= 4 is 5.91 Å². The summed E-state index contributed by atoms with van der Waals surface area (Å²) in [6.45, 7) is 2.83. The zero-order chi connectivity index (χ0) is 17.8. The lowest BCUT2D eigenvalue weighted by Crippen LogP contribution is -2.40. The number of piperidine rings is 1. The van der Waals surface area contributed by atoms with E-state index in [1.54, 1.807) is 0 Å². The zero-order valence-corrected chi connectivity index (χ0v) is 15.4. The molecule has 0 bridgehead atoms. The van der Waals surface area contributed by atoms with Crippen molar-refractivity contribution in [3.05, 3.63) is 48.0 Å². The number of likely N-dealkylation sites (tertiary alicyclic amines) is 1. The van der Waals surface area contributed by atoms with Crippen LogP contribution >= 0.6 is 0 Å². The first kappa shape index (κ1) is 17.3. The molecular weight excluding hydrogens is 324 g/mol. The van der Waals surface area contributed by atoms with Crippen LogP contribution in [0.1, 0.15) is 43.5 Å². The van der Waals surface area contributed by atoms with E-state index in [1.807, 2.05) is 24.5 Å². The molecule has 5 heteroatoms. The Labute approximate surface area is 155 Å². The molecule has 0 N–H and O–H groups in total. The Balaban J connectivity index is 1.29. The van der Waals surface area contributed by atoms with Gasteiger partial charge in [-0.3, -0.25) is 4.79 Å². The van der Waals surface area contributed by atoms with Gasteiger partial charge in [-0.15, -0.1) is 10.2 Å². The van der Waals surface area contributed by atoms with Crippen LogP contribution in [0, 0.1) is 11.8 Å². The Morgan fingerprint density at radius 3 is 2.77 bits per heavy atom. The Bertz CT molecular complexity index is 723. The molecular formula is C21H28N4O. The average Bonchev–Trinajstić information content (AvgIpc) is 3.40. The van der Waals surface area contributed by atoms with Gasteiger partial charge in [0, 0.05) is 32.5 Å². The summed E-state index contributed by atoms with van der Waals surface area (Å²) in [7, 11) is 0. The second-order valence-electron chi connectivity index (χ2n) is 7.88. The van der Waals surface area contributed by atoms with Gasteiger partial charge in [0.2, 0.25) is 5.91 Å². The van der Waals surface area contributed by atoms with E-state index in [4.69, 9.17) is 0 Å². The molecule has 1 aliphatic heterocycles. The minimum Gasteiger partial charge on any atom is -0.342 e. The minimum absolute atomic E-state index is 0.290. The van der Waals surface area contributed by atoms with Gasteiger partial charge in [-0.25, -0.2) is 0 Å². The van der Waals surface area contributed by atoms with Gasteiger partial charge in [0.15, 0.2) is 0 Å². The Hall–Kier alpha value is -2.17. The van der Waals surface area contributed by atoms with Crippen molar-refractivity contribution in [1.29, 1.82) is 0 Å². The Morgan fingerprint density at radius 1 is 1.12 bits per heavy atom. The van der Waals surface area contributed by atoms with Crippen molar-refractivity contribution in [1.82, 2.24) is 19.7 Å². The van der Waals surface area contributed by atoms with Crippen LogP contribution in [0.15, 0.2) is 36.7 Å². The van der Waals surface area contributed by atoms with E-state index >= 15 is 0 Å². The monoisotopic (exact) mass is 352 g/mol. The Kier molecular flexibility index (Phi) is 5.32. The molecule has 2 aliphatic rings. The summed E-state index contributed by atoms with van der Waals surface area (Å²) < 4.78 is 2.23. The van der Waals surface area contributed by atoms with Gasteiger partial charge in [0.25, 0.3) is 0 Å².